The van der Waals surface area contributed by atoms with E-state index in [4.69, 9.17) is 4.74 Å². The molecule has 0 spiro atoms. The Morgan fingerprint density at radius 1 is 1.22 bits per heavy atom. The third kappa shape index (κ3) is 5.15. The van der Waals surface area contributed by atoms with Crippen LogP contribution in [0.4, 0.5) is 15.9 Å². The average molecular weight is 436 g/mol. The predicted molar refractivity (Wildman–Crippen MR) is 121 cm³/mol. The normalized spacial score (nSPS) is 15.6. The zero-order valence-electron chi connectivity index (χ0n) is 17.7. The lowest BCUT2D eigenvalue weighted by molar-refractivity contribution is 0.102. The molecule has 3 N–H and O–H groups in total. The fraction of sp³-hybridized carbons (Fsp3) is 0.250. The number of phenolic OH excluding ortho intramolecular Hbond substituents is 1. The molecule has 2 heterocycles. The number of aromatic nitrogens is 1. The van der Waals surface area contributed by atoms with Crippen molar-refractivity contribution in [2.75, 3.05) is 30.4 Å². The maximum absolute atomic E-state index is 13.0. The summed E-state index contributed by atoms with van der Waals surface area (Å²) in [5.41, 5.74) is 1.74. The maximum Gasteiger partial charge on any atom is 0.257 e. The molecule has 3 aromatic rings. The van der Waals surface area contributed by atoms with Crippen molar-refractivity contribution >= 4 is 17.4 Å². The first-order valence-electron chi connectivity index (χ1n) is 10.4. The highest BCUT2D eigenvalue weighted by atomic mass is 19.1. The zero-order chi connectivity index (χ0) is 22.5. The second kappa shape index (κ2) is 9.65. The van der Waals surface area contributed by atoms with Gasteiger partial charge < -0.3 is 25.4 Å². The number of halogens is 1. The van der Waals surface area contributed by atoms with E-state index in [-0.39, 0.29) is 23.5 Å². The van der Waals surface area contributed by atoms with E-state index in [0.717, 1.165) is 30.9 Å². The van der Waals surface area contributed by atoms with E-state index in [0.29, 0.717) is 23.5 Å². The molecule has 1 saturated heterocycles. The van der Waals surface area contributed by atoms with E-state index in [1.54, 1.807) is 31.5 Å². The van der Waals surface area contributed by atoms with Crippen molar-refractivity contribution in [2.45, 2.75) is 19.0 Å². The van der Waals surface area contributed by atoms with Gasteiger partial charge in [-0.3, -0.25) is 4.79 Å². The summed E-state index contributed by atoms with van der Waals surface area (Å²) in [6, 6.07) is 14.6. The minimum absolute atomic E-state index is 0.240. The van der Waals surface area contributed by atoms with Crippen LogP contribution in [0.3, 0.4) is 0 Å². The van der Waals surface area contributed by atoms with Crippen LogP contribution in [0.2, 0.25) is 0 Å². The van der Waals surface area contributed by atoms with E-state index < -0.39 is 0 Å². The lowest BCUT2D eigenvalue weighted by Gasteiger charge is -2.18. The quantitative estimate of drug-likeness (QED) is 0.525. The molecule has 1 aliphatic rings. The lowest BCUT2D eigenvalue weighted by Crippen LogP contribution is -2.32. The minimum atomic E-state index is -0.354. The Labute approximate surface area is 185 Å². The largest absolute Gasteiger partial charge is 0.508 e. The van der Waals surface area contributed by atoms with Crippen LogP contribution in [0.1, 0.15) is 22.3 Å². The molecular formula is C24H25FN4O3. The summed E-state index contributed by atoms with van der Waals surface area (Å²) in [5.74, 6) is 1.10. The van der Waals surface area contributed by atoms with E-state index in [2.05, 4.69) is 20.5 Å². The topological polar surface area (TPSA) is 86.7 Å². The Balaban J connectivity index is 1.31. The van der Waals surface area contributed by atoms with Crippen LogP contribution in [0.5, 0.6) is 11.5 Å². The molecule has 0 aliphatic carbocycles. The second-order valence-electron chi connectivity index (χ2n) is 7.67. The van der Waals surface area contributed by atoms with Gasteiger partial charge in [-0.2, -0.15) is 0 Å². The van der Waals surface area contributed by atoms with Gasteiger partial charge in [-0.1, -0.05) is 0 Å². The molecule has 0 bridgehead atoms. The fourth-order valence-electron chi connectivity index (χ4n) is 3.66. The minimum Gasteiger partial charge on any atom is -0.508 e. The fourth-order valence-corrected chi connectivity index (χ4v) is 3.66. The van der Waals surface area contributed by atoms with Gasteiger partial charge in [-0.15, -0.1) is 0 Å². The summed E-state index contributed by atoms with van der Waals surface area (Å²) in [6.07, 6.45) is 2.49. The molecule has 4 rings (SSSR count). The van der Waals surface area contributed by atoms with Crippen LogP contribution in [0.15, 0.2) is 60.8 Å². The Hall–Kier alpha value is -3.65. The standard InChI is InChI=1S/C24H25FN4O3/c1-32-21-7-8-22(30)17(12-21)14-26-20-10-11-29(15-20)23-9-2-16(13-27-23)24(31)28-19-5-3-18(25)4-6-19/h2-9,12-13,20,26,30H,10-11,14-15H2,1H3,(H,28,31)/t20-/m1/s1. The number of carbonyl (C=O) groups excluding carboxylic acids is 1. The number of rotatable bonds is 7. The molecule has 1 aromatic heterocycles. The van der Waals surface area contributed by atoms with Gasteiger partial charge in [0.1, 0.15) is 23.1 Å². The highest BCUT2D eigenvalue weighted by molar-refractivity contribution is 6.04. The number of anilines is 2. The number of nitrogens with zero attached hydrogens (tertiary/aromatic N) is 2. The monoisotopic (exact) mass is 436 g/mol. The first-order valence-corrected chi connectivity index (χ1v) is 10.4. The summed E-state index contributed by atoms with van der Waals surface area (Å²) in [5, 5.41) is 16.2. The number of hydrogen-bond donors (Lipinski definition) is 3. The summed E-state index contributed by atoms with van der Waals surface area (Å²) in [6.45, 7) is 2.16. The molecule has 2 aromatic carbocycles. The van der Waals surface area contributed by atoms with E-state index in [1.165, 1.54) is 24.3 Å². The van der Waals surface area contributed by atoms with Gasteiger partial charge in [-0.05, 0) is 61.0 Å². The highest BCUT2D eigenvalue weighted by Gasteiger charge is 2.23. The summed E-state index contributed by atoms with van der Waals surface area (Å²) in [4.78, 5) is 19.0. The molecule has 1 atom stereocenters. The van der Waals surface area contributed by atoms with Gasteiger partial charge in [0, 0.05) is 43.1 Å². The Kier molecular flexibility index (Phi) is 6.51. The van der Waals surface area contributed by atoms with Crippen molar-refractivity contribution in [3.63, 3.8) is 0 Å². The molecule has 0 saturated carbocycles. The van der Waals surface area contributed by atoms with E-state index in [1.807, 2.05) is 12.1 Å². The van der Waals surface area contributed by atoms with Crippen molar-refractivity contribution in [3.05, 3.63) is 77.7 Å². The number of ether oxygens (including phenoxy) is 1. The third-order valence-corrected chi connectivity index (χ3v) is 5.49. The van der Waals surface area contributed by atoms with Crippen LogP contribution in [-0.4, -0.2) is 42.2 Å². The van der Waals surface area contributed by atoms with Gasteiger partial charge in [0.2, 0.25) is 0 Å². The summed E-state index contributed by atoms with van der Waals surface area (Å²) >= 11 is 0. The van der Waals surface area contributed by atoms with Crippen LogP contribution in [0.25, 0.3) is 0 Å². The van der Waals surface area contributed by atoms with Gasteiger partial charge in [0.25, 0.3) is 5.91 Å². The van der Waals surface area contributed by atoms with Crippen molar-refractivity contribution in [3.8, 4) is 11.5 Å². The van der Waals surface area contributed by atoms with Crippen LogP contribution in [0, 0.1) is 5.82 Å². The second-order valence-corrected chi connectivity index (χ2v) is 7.67. The molecule has 7 nitrogen and oxygen atoms in total. The van der Waals surface area contributed by atoms with E-state index >= 15 is 0 Å². The SMILES string of the molecule is COc1ccc(O)c(CN[C@@H]2CCN(c3ccc(C(=O)Nc4ccc(F)cc4)cn3)C2)c1. The van der Waals surface area contributed by atoms with Crippen molar-refractivity contribution in [1.29, 1.82) is 0 Å². The Morgan fingerprint density at radius 2 is 2.03 bits per heavy atom. The molecule has 32 heavy (non-hydrogen) atoms. The number of methoxy groups -OCH3 is 1. The summed E-state index contributed by atoms with van der Waals surface area (Å²) < 4.78 is 18.2. The Morgan fingerprint density at radius 3 is 2.75 bits per heavy atom. The third-order valence-electron chi connectivity index (χ3n) is 5.49. The maximum atomic E-state index is 13.0. The van der Waals surface area contributed by atoms with Crippen molar-refractivity contribution < 1.29 is 19.0 Å². The number of amides is 1. The molecule has 1 fully saturated rings. The first-order chi connectivity index (χ1) is 15.5. The zero-order valence-corrected chi connectivity index (χ0v) is 17.7. The lowest BCUT2D eigenvalue weighted by atomic mass is 10.1. The smallest absolute Gasteiger partial charge is 0.257 e. The van der Waals surface area contributed by atoms with Gasteiger partial charge in [0.05, 0.1) is 12.7 Å². The number of phenols is 1. The van der Waals surface area contributed by atoms with Gasteiger partial charge in [-0.25, -0.2) is 9.37 Å². The van der Waals surface area contributed by atoms with Gasteiger partial charge in [0.15, 0.2) is 0 Å². The number of carbonyl (C=O) groups is 1. The number of aromatic hydroxyl groups is 1. The van der Waals surface area contributed by atoms with Gasteiger partial charge >= 0.3 is 0 Å². The first kappa shape index (κ1) is 21.6. The van der Waals surface area contributed by atoms with Crippen molar-refractivity contribution in [1.82, 2.24) is 10.3 Å². The van der Waals surface area contributed by atoms with E-state index in [9.17, 15) is 14.3 Å². The average Bonchev–Trinajstić information content (AvgIpc) is 3.29. The Bertz CT molecular complexity index is 1070. The molecular weight excluding hydrogens is 411 g/mol. The van der Waals surface area contributed by atoms with Crippen LogP contribution < -0.4 is 20.3 Å². The van der Waals surface area contributed by atoms with Crippen LogP contribution >= 0.6 is 0 Å². The predicted octanol–water partition coefficient (Wildman–Crippen LogP) is 3.56. The molecule has 1 amide bonds. The molecule has 166 valence electrons. The molecule has 1 aliphatic heterocycles. The highest BCUT2D eigenvalue weighted by Crippen LogP contribution is 2.24. The van der Waals surface area contributed by atoms with Crippen molar-refractivity contribution in [2.24, 2.45) is 0 Å². The number of hydrogen-bond acceptors (Lipinski definition) is 6. The molecule has 0 radical (unpaired) electrons. The van der Waals surface area contributed by atoms with Crippen LogP contribution in [-0.2, 0) is 6.54 Å². The number of nitrogens with one attached hydrogen (secondary N) is 2. The molecule has 8 heteroatoms. The number of pyridine rings is 1. The summed E-state index contributed by atoms with van der Waals surface area (Å²) in [7, 11) is 1.60. The molecule has 0 unspecified atom stereocenters. The number of benzene rings is 2.